The van der Waals surface area contributed by atoms with Crippen molar-refractivity contribution in [1.29, 1.82) is 0 Å². The average molecular weight is 673 g/mol. The van der Waals surface area contributed by atoms with Crippen molar-refractivity contribution in [2.24, 2.45) is 23.2 Å². The molecule has 0 bridgehead atoms. The van der Waals surface area contributed by atoms with E-state index in [0.717, 1.165) is 48.0 Å². The zero-order valence-electron chi connectivity index (χ0n) is 30.6. The van der Waals surface area contributed by atoms with Crippen LogP contribution in [0.2, 0.25) is 5.04 Å². The molecule has 0 radical (unpaired) electrons. The summed E-state index contributed by atoms with van der Waals surface area (Å²) in [6.07, 6.45) is 13.9. The van der Waals surface area contributed by atoms with Crippen LogP contribution in [0.15, 0.2) is 95.9 Å². The van der Waals surface area contributed by atoms with Gasteiger partial charge in [-0.05, 0) is 103 Å². The van der Waals surface area contributed by atoms with Gasteiger partial charge in [0.2, 0.25) is 0 Å². The fraction of sp³-hybridized carbons (Fsp3) is 0.581. The first-order valence-corrected chi connectivity index (χ1v) is 20.5. The van der Waals surface area contributed by atoms with E-state index in [4.69, 9.17) is 4.43 Å². The van der Waals surface area contributed by atoms with Gasteiger partial charge in [0, 0.05) is 12.0 Å². The quantitative estimate of drug-likeness (QED) is 0.247. The molecule has 3 saturated carbocycles. The molecule has 48 heavy (non-hydrogen) atoms. The van der Waals surface area contributed by atoms with Crippen LogP contribution in [0.4, 0.5) is 4.39 Å². The van der Waals surface area contributed by atoms with E-state index in [1.54, 1.807) is 0 Å². The van der Waals surface area contributed by atoms with Gasteiger partial charge in [-0.15, -0.1) is 0 Å². The number of allylic oxidation sites excluding steroid dienone is 3. The number of aliphatic hydroxyl groups excluding tert-OH is 1. The van der Waals surface area contributed by atoms with Gasteiger partial charge in [-0.2, -0.15) is 0 Å². The van der Waals surface area contributed by atoms with E-state index in [0.29, 0.717) is 36.2 Å². The Kier molecular flexibility index (Phi) is 11.5. The van der Waals surface area contributed by atoms with E-state index in [-0.39, 0.29) is 10.5 Å². The van der Waals surface area contributed by atoms with Gasteiger partial charge in [-0.1, -0.05) is 126 Å². The maximum Gasteiger partial charge on any atom is 0.261 e. The van der Waals surface area contributed by atoms with Gasteiger partial charge in [0.15, 0.2) is 0 Å². The lowest BCUT2D eigenvalue weighted by Gasteiger charge is -2.47. The lowest BCUT2D eigenvalue weighted by atomic mass is 9.60. The van der Waals surface area contributed by atoms with Crippen molar-refractivity contribution in [2.75, 3.05) is 0 Å². The monoisotopic (exact) mass is 672 g/mol. The van der Waals surface area contributed by atoms with Crippen LogP contribution in [-0.4, -0.2) is 36.3 Å². The average Bonchev–Trinajstić information content (AvgIpc) is 3.39. The molecule has 2 N–H and O–H groups in total. The molecule has 2 aromatic rings. The Balaban J connectivity index is 1.43. The molecule has 3 nitrogen and oxygen atoms in total. The normalized spacial score (nSPS) is 30.2. The van der Waals surface area contributed by atoms with E-state index in [1.807, 2.05) is 26.0 Å². The molecule has 5 rings (SSSR count). The summed E-state index contributed by atoms with van der Waals surface area (Å²) in [6.45, 7) is 15.5. The summed E-state index contributed by atoms with van der Waals surface area (Å²) in [5, 5.41) is 23.6. The Morgan fingerprint density at radius 1 is 0.979 bits per heavy atom. The van der Waals surface area contributed by atoms with Crippen LogP contribution in [-0.2, 0) is 4.43 Å². The van der Waals surface area contributed by atoms with Crippen molar-refractivity contribution in [3.8, 4) is 0 Å². The zero-order valence-corrected chi connectivity index (χ0v) is 31.6. The molecule has 0 saturated heterocycles. The van der Waals surface area contributed by atoms with Gasteiger partial charge in [0.05, 0.1) is 24.1 Å². The maximum absolute atomic E-state index is 15.2. The van der Waals surface area contributed by atoms with Crippen LogP contribution >= 0.6 is 0 Å². The van der Waals surface area contributed by atoms with Gasteiger partial charge >= 0.3 is 0 Å². The molecule has 0 heterocycles. The van der Waals surface area contributed by atoms with Crippen LogP contribution in [0.25, 0.3) is 0 Å². The Hall–Kier alpha value is -2.31. The molecular weight excluding hydrogens is 612 g/mol. The van der Waals surface area contributed by atoms with Crippen molar-refractivity contribution in [3.63, 3.8) is 0 Å². The minimum atomic E-state index is -2.95. The number of rotatable bonds is 10. The molecule has 5 heteroatoms. The van der Waals surface area contributed by atoms with Crippen molar-refractivity contribution >= 4 is 18.7 Å². The molecular formula is C43H61FO3Si. The van der Waals surface area contributed by atoms with E-state index in [9.17, 15) is 10.2 Å². The largest absolute Gasteiger partial charge is 0.400 e. The van der Waals surface area contributed by atoms with E-state index in [2.05, 4.69) is 95.3 Å². The highest BCUT2D eigenvalue weighted by Gasteiger charge is 2.53. The standard InChI is InChI=1S/C43H61FO3Si/c1-31(16-14-26-42(5,6)46)38-24-25-39-32(17-15-27-43(38,39)7)22-23-33-28-34(45)29-40(37(33)30-44)47-48(41(2,3)4,35-18-10-8-11-19-35)36-20-12-9-13-21-36/h8-13,18-23,30-31,34,38-40,45-46H,14-17,24-29H2,1-7H3/b32-22+,33-23-,37-30+/t31-,34-,38-,39+,40+,43-/m1/s1. The van der Waals surface area contributed by atoms with Gasteiger partial charge < -0.3 is 14.6 Å². The van der Waals surface area contributed by atoms with Crippen LogP contribution in [0.1, 0.15) is 113 Å². The topological polar surface area (TPSA) is 49.7 Å². The third kappa shape index (κ3) is 7.70. The summed E-state index contributed by atoms with van der Waals surface area (Å²) < 4.78 is 22.5. The van der Waals surface area contributed by atoms with E-state index < -0.39 is 26.1 Å². The third-order valence-electron chi connectivity index (χ3n) is 12.2. The zero-order chi connectivity index (χ0) is 34.7. The Labute approximate surface area is 291 Å². The summed E-state index contributed by atoms with van der Waals surface area (Å²) in [4.78, 5) is 0. The van der Waals surface area contributed by atoms with Crippen LogP contribution in [0.5, 0.6) is 0 Å². The second-order valence-corrected chi connectivity index (χ2v) is 21.4. The number of fused-ring (bicyclic) bond motifs is 1. The first-order valence-electron chi connectivity index (χ1n) is 18.6. The van der Waals surface area contributed by atoms with Crippen LogP contribution < -0.4 is 10.4 Å². The summed E-state index contributed by atoms with van der Waals surface area (Å²) in [5.41, 5.74) is 2.60. The van der Waals surface area contributed by atoms with Crippen LogP contribution in [0.3, 0.4) is 0 Å². The van der Waals surface area contributed by atoms with Crippen LogP contribution in [0, 0.1) is 23.2 Å². The maximum atomic E-state index is 15.2. The number of benzene rings is 2. The minimum absolute atomic E-state index is 0.248. The molecule has 0 unspecified atom stereocenters. The Bertz CT molecular complexity index is 1410. The first kappa shape index (κ1) is 37.0. The number of halogens is 1. The van der Waals surface area contributed by atoms with Gasteiger partial charge in [0.25, 0.3) is 8.32 Å². The van der Waals surface area contributed by atoms with Crippen molar-refractivity contribution in [1.82, 2.24) is 0 Å². The molecule has 2 aromatic carbocycles. The summed E-state index contributed by atoms with van der Waals surface area (Å²) in [5.74, 6) is 1.86. The lowest BCUT2D eigenvalue weighted by molar-refractivity contribution is 0.0596. The van der Waals surface area contributed by atoms with E-state index in [1.165, 1.54) is 31.3 Å². The molecule has 0 spiro atoms. The molecule has 3 aliphatic carbocycles. The summed E-state index contributed by atoms with van der Waals surface area (Å²) in [7, 11) is -2.95. The minimum Gasteiger partial charge on any atom is -0.400 e. The summed E-state index contributed by atoms with van der Waals surface area (Å²) in [6, 6.07) is 21.0. The number of aliphatic hydroxyl groups is 2. The number of hydrogen-bond acceptors (Lipinski definition) is 3. The highest BCUT2D eigenvalue weighted by atomic mass is 28.4. The first-order chi connectivity index (χ1) is 22.7. The second kappa shape index (κ2) is 14.9. The smallest absolute Gasteiger partial charge is 0.261 e. The summed E-state index contributed by atoms with van der Waals surface area (Å²) >= 11 is 0. The highest BCUT2D eigenvalue weighted by Crippen LogP contribution is 2.60. The molecule has 3 aliphatic rings. The molecule has 262 valence electrons. The molecule has 0 aliphatic heterocycles. The fourth-order valence-electron chi connectivity index (χ4n) is 9.84. The second-order valence-electron chi connectivity index (χ2n) is 17.1. The number of hydrogen-bond donors (Lipinski definition) is 2. The SMILES string of the molecule is C[C@H](CCCC(C)(C)O)[C@H]1CC[C@H]2/C(=C/C=C3/C[C@@H](O)C[C@H](O[Si](c4ccccc4)(c4ccccc4)C(C)(C)C)/C3=C/F)CCC[C@]12C. The lowest BCUT2D eigenvalue weighted by Crippen LogP contribution is -2.68. The van der Waals surface area contributed by atoms with Crippen molar-refractivity contribution in [2.45, 2.75) is 136 Å². The molecule has 0 amide bonds. The highest BCUT2D eigenvalue weighted by molar-refractivity contribution is 6.99. The van der Waals surface area contributed by atoms with Gasteiger partial charge in [-0.25, -0.2) is 4.39 Å². The predicted octanol–water partition coefficient (Wildman–Crippen LogP) is 9.59. The van der Waals surface area contributed by atoms with Gasteiger partial charge in [-0.3, -0.25) is 0 Å². The Morgan fingerprint density at radius 2 is 1.60 bits per heavy atom. The van der Waals surface area contributed by atoms with E-state index >= 15 is 4.39 Å². The molecule has 0 aromatic heterocycles. The predicted molar refractivity (Wildman–Crippen MR) is 201 cm³/mol. The third-order valence-corrected chi connectivity index (χ3v) is 17.2. The van der Waals surface area contributed by atoms with Crippen molar-refractivity contribution in [3.05, 3.63) is 95.9 Å². The van der Waals surface area contributed by atoms with Crippen molar-refractivity contribution < 1.29 is 19.0 Å². The molecule has 3 fully saturated rings. The Morgan fingerprint density at radius 3 is 2.17 bits per heavy atom. The molecule has 6 atom stereocenters. The fourth-order valence-corrected chi connectivity index (χ4v) is 14.5. The van der Waals surface area contributed by atoms with Gasteiger partial charge in [0.1, 0.15) is 0 Å².